The highest BCUT2D eigenvalue weighted by molar-refractivity contribution is 6.02. The van der Waals surface area contributed by atoms with Gasteiger partial charge >= 0.3 is 5.97 Å². The number of amidine groups is 1. The number of esters is 1. The smallest absolute Gasteiger partial charge is 0.342 e. The minimum Gasteiger partial charge on any atom is -0.492 e. The topological polar surface area (TPSA) is 59.9 Å². The quantitative estimate of drug-likeness (QED) is 0.863. The fraction of sp³-hybridized carbons (Fsp3) is 0.222. The highest BCUT2D eigenvalue weighted by Gasteiger charge is 2.17. The summed E-state index contributed by atoms with van der Waals surface area (Å²) >= 11 is 0. The second kappa shape index (κ2) is 6.96. The Labute approximate surface area is 134 Å². The van der Waals surface area contributed by atoms with E-state index < -0.39 is 5.97 Å². The van der Waals surface area contributed by atoms with Crippen LogP contribution in [0.3, 0.4) is 0 Å². The molecule has 3 rings (SSSR count). The maximum Gasteiger partial charge on any atom is 0.342 e. The van der Waals surface area contributed by atoms with Gasteiger partial charge in [0.05, 0.1) is 13.2 Å². The number of ether oxygens (including phenoxy) is 2. The molecule has 23 heavy (non-hydrogen) atoms. The SMILES string of the molecule is CCOc1c(C(=O)OCC2=NCC=CN2)ccc2ccccc12. The molecule has 0 amide bonds. The monoisotopic (exact) mass is 310 g/mol. The first kappa shape index (κ1) is 15.1. The molecular formula is C18H18N2O3. The third-order valence-electron chi connectivity index (χ3n) is 3.48. The van der Waals surface area contributed by atoms with Crippen LogP contribution in [-0.4, -0.2) is 31.6 Å². The van der Waals surface area contributed by atoms with Crippen LogP contribution in [0.25, 0.3) is 10.8 Å². The van der Waals surface area contributed by atoms with Crippen LogP contribution in [0.2, 0.25) is 0 Å². The first-order chi connectivity index (χ1) is 11.3. The van der Waals surface area contributed by atoms with E-state index in [2.05, 4.69) is 10.3 Å². The van der Waals surface area contributed by atoms with Crippen molar-refractivity contribution < 1.29 is 14.3 Å². The number of carbonyl (C=O) groups is 1. The third-order valence-corrected chi connectivity index (χ3v) is 3.48. The first-order valence-electron chi connectivity index (χ1n) is 7.56. The lowest BCUT2D eigenvalue weighted by atomic mass is 10.1. The Kier molecular flexibility index (Phi) is 4.57. The molecule has 0 bridgehead atoms. The van der Waals surface area contributed by atoms with Crippen LogP contribution in [0.15, 0.2) is 53.7 Å². The summed E-state index contributed by atoms with van der Waals surface area (Å²) in [7, 11) is 0. The number of hydrogen-bond donors (Lipinski definition) is 1. The molecule has 0 saturated carbocycles. The number of carbonyl (C=O) groups excluding carboxylic acids is 1. The molecule has 0 spiro atoms. The predicted octanol–water partition coefficient (Wildman–Crippen LogP) is 2.91. The number of nitrogens with zero attached hydrogens (tertiary/aromatic N) is 1. The van der Waals surface area contributed by atoms with Gasteiger partial charge < -0.3 is 14.8 Å². The van der Waals surface area contributed by atoms with Crippen LogP contribution in [-0.2, 0) is 4.74 Å². The summed E-state index contributed by atoms with van der Waals surface area (Å²) in [6.07, 6.45) is 3.68. The van der Waals surface area contributed by atoms with E-state index in [9.17, 15) is 4.79 Å². The molecule has 1 aliphatic heterocycles. The van der Waals surface area contributed by atoms with Crippen LogP contribution in [0.4, 0.5) is 0 Å². The predicted molar refractivity (Wildman–Crippen MR) is 90.0 cm³/mol. The Morgan fingerprint density at radius 2 is 2.13 bits per heavy atom. The Balaban J connectivity index is 1.84. The first-order valence-corrected chi connectivity index (χ1v) is 7.56. The highest BCUT2D eigenvalue weighted by Crippen LogP contribution is 2.30. The van der Waals surface area contributed by atoms with Crippen LogP contribution >= 0.6 is 0 Å². The van der Waals surface area contributed by atoms with Gasteiger partial charge in [0.2, 0.25) is 0 Å². The van der Waals surface area contributed by atoms with Crippen LogP contribution in [0, 0.1) is 0 Å². The number of hydrogen-bond acceptors (Lipinski definition) is 5. The Morgan fingerprint density at radius 1 is 1.26 bits per heavy atom. The molecule has 5 nitrogen and oxygen atoms in total. The van der Waals surface area contributed by atoms with Gasteiger partial charge in [0.1, 0.15) is 23.8 Å². The standard InChI is InChI=1S/C18H18N2O3/c1-2-22-17-14-7-4-3-6-13(14)8-9-15(17)18(21)23-12-16-19-10-5-11-20-16/h3-10H,2,11-12H2,1H3,(H,19,20). The molecule has 0 atom stereocenters. The fourth-order valence-corrected chi connectivity index (χ4v) is 2.42. The van der Waals surface area contributed by atoms with Crippen molar-refractivity contribution in [2.45, 2.75) is 6.92 Å². The van der Waals surface area contributed by atoms with E-state index in [4.69, 9.17) is 9.47 Å². The molecule has 0 fully saturated rings. The molecule has 5 heteroatoms. The number of aliphatic imine (C=N–C) groups is 1. The summed E-state index contributed by atoms with van der Waals surface area (Å²) in [6.45, 7) is 3.08. The van der Waals surface area contributed by atoms with Crippen LogP contribution in [0.5, 0.6) is 5.75 Å². The van der Waals surface area contributed by atoms with Gasteiger partial charge in [-0.25, -0.2) is 4.79 Å². The summed E-state index contributed by atoms with van der Waals surface area (Å²) < 4.78 is 11.1. The number of nitrogens with one attached hydrogen (secondary N) is 1. The van der Waals surface area contributed by atoms with E-state index >= 15 is 0 Å². The third kappa shape index (κ3) is 3.34. The molecule has 1 aliphatic rings. The van der Waals surface area contributed by atoms with Crippen molar-refractivity contribution in [2.24, 2.45) is 4.99 Å². The Hall–Kier alpha value is -2.82. The summed E-state index contributed by atoms with van der Waals surface area (Å²) in [5.41, 5.74) is 0.428. The fourth-order valence-electron chi connectivity index (χ4n) is 2.42. The molecule has 0 unspecified atom stereocenters. The zero-order valence-electron chi connectivity index (χ0n) is 12.9. The van der Waals surface area contributed by atoms with E-state index in [0.29, 0.717) is 30.3 Å². The van der Waals surface area contributed by atoms with Gasteiger partial charge in [-0.3, -0.25) is 4.99 Å². The van der Waals surface area contributed by atoms with Crippen molar-refractivity contribution >= 4 is 22.6 Å². The van der Waals surface area contributed by atoms with Crippen molar-refractivity contribution in [1.29, 1.82) is 0 Å². The summed E-state index contributed by atoms with van der Waals surface area (Å²) in [5.74, 6) is 0.784. The maximum absolute atomic E-state index is 12.4. The van der Waals surface area contributed by atoms with Gasteiger partial charge in [-0.2, -0.15) is 0 Å². The molecule has 0 aromatic heterocycles. The van der Waals surface area contributed by atoms with Crippen molar-refractivity contribution in [3.63, 3.8) is 0 Å². The molecule has 0 aliphatic carbocycles. The largest absolute Gasteiger partial charge is 0.492 e. The zero-order chi connectivity index (χ0) is 16.1. The molecular weight excluding hydrogens is 292 g/mol. The average molecular weight is 310 g/mol. The number of benzene rings is 2. The van der Waals surface area contributed by atoms with E-state index in [1.807, 2.05) is 43.3 Å². The Morgan fingerprint density at radius 3 is 2.91 bits per heavy atom. The zero-order valence-corrected chi connectivity index (χ0v) is 12.9. The number of fused-ring (bicyclic) bond motifs is 1. The molecule has 1 N–H and O–H groups in total. The van der Waals surface area contributed by atoms with Crippen molar-refractivity contribution in [3.05, 3.63) is 54.2 Å². The molecule has 0 radical (unpaired) electrons. The van der Waals surface area contributed by atoms with Gasteiger partial charge in [-0.15, -0.1) is 0 Å². The normalized spacial score (nSPS) is 13.3. The van der Waals surface area contributed by atoms with Crippen molar-refractivity contribution in [2.75, 3.05) is 19.8 Å². The second-order valence-corrected chi connectivity index (χ2v) is 5.01. The van der Waals surface area contributed by atoms with Gasteiger partial charge in [-0.05, 0) is 24.5 Å². The summed E-state index contributed by atoms with van der Waals surface area (Å²) in [5, 5.41) is 4.88. The summed E-state index contributed by atoms with van der Waals surface area (Å²) in [4.78, 5) is 16.6. The molecule has 118 valence electrons. The molecule has 2 aromatic carbocycles. The molecule has 2 aromatic rings. The molecule has 1 heterocycles. The molecule has 0 saturated heterocycles. The second-order valence-electron chi connectivity index (χ2n) is 5.01. The van der Waals surface area contributed by atoms with Gasteiger partial charge in [0.25, 0.3) is 0 Å². The lowest BCUT2D eigenvalue weighted by Crippen LogP contribution is -2.27. The minimum atomic E-state index is -0.418. The van der Waals surface area contributed by atoms with Crippen molar-refractivity contribution in [1.82, 2.24) is 5.32 Å². The number of rotatable bonds is 5. The van der Waals surface area contributed by atoms with Gasteiger partial charge in [-0.1, -0.05) is 30.3 Å². The maximum atomic E-state index is 12.4. The van der Waals surface area contributed by atoms with E-state index in [1.54, 1.807) is 12.3 Å². The lowest BCUT2D eigenvalue weighted by molar-refractivity contribution is 0.0557. The van der Waals surface area contributed by atoms with Gasteiger partial charge in [0.15, 0.2) is 0 Å². The minimum absolute atomic E-state index is 0.113. The van der Waals surface area contributed by atoms with E-state index in [-0.39, 0.29) is 6.61 Å². The van der Waals surface area contributed by atoms with E-state index in [0.717, 1.165) is 10.8 Å². The van der Waals surface area contributed by atoms with Gasteiger partial charge in [0, 0.05) is 11.6 Å². The summed E-state index contributed by atoms with van der Waals surface area (Å²) in [6, 6.07) is 11.4. The average Bonchev–Trinajstić information content (AvgIpc) is 2.61. The highest BCUT2D eigenvalue weighted by atomic mass is 16.5. The van der Waals surface area contributed by atoms with Crippen molar-refractivity contribution in [3.8, 4) is 5.75 Å². The van der Waals surface area contributed by atoms with E-state index in [1.165, 1.54) is 0 Å². The van der Waals surface area contributed by atoms with Crippen LogP contribution in [0.1, 0.15) is 17.3 Å². The lowest BCUT2D eigenvalue weighted by Gasteiger charge is -2.14. The Bertz CT molecular complexity index is 781. The van der Waals surface area contributed by atoms with Crippen LogP contribution < -0.4 is 10.1 Å².